The molecule has 4 aliphatic rings. The third kappa shape index (κ3) is 21.2. The van der Waals surface area contributed by atoms with Gasteiger partial charge in [0.15, 0.2) is 11.6 Å². The summed E-state index contributed by atoms with van der Waals surface area (Å²) < 4.78 is 51.5. The molecule has 2 aromatic carbocycles. The first-order chi connectivity index (χ1) is 45.6. The number of anilines is 2. The predicted molar refractivity (Wildman–Crippen MR) is 366 cm³/mol. The van der Waals surface area contributed by atoms with E-state index in [1.807, 2.05) is 41.5 Å². The Balaban J connectivity index is 0.000000272. The highest BCUT2D eigenvalue weighted by molar-refractivity contribution is 5.98. The maximum atomic E-state index is 14.3. The number of halogens is 2. The molecule has 4 fully saturated rings. The summed E-state index contributed by atoms with van der Waals surface area (Å²) in [5.41, 5.74) is 0.713. The molecular formula is C70H108F2N14O10. The van der Waals surface area contributed by atoms with Gasteiger partial charge in [-0.2, -0.15) is 0 Å². The van der Waals surface area contributed by atoms with Gasteiger partial charge in [-0.05, 0) is 156 Å². The van der Waals surface area contributed by atoms with Crippen LogP contribution >= 0.6 is 0 Å². The van der Waals surface area contributed by atoms with E-state index in [1.54, 1.807) is 24.0 Å². The van der Waals surface area contributed by atoms with Crippen molar-refractivity contribution in [3.05, 3.63) is 84.0 Å². The van der Waals surface area contributed by atoms with Crippen molar-refractivity contribution in [3.8, 4) is 23.3 Å². The average Bonchev–Trinajstić information content (AvgIpc) is 1.53. The molecular weight excluding hydrogens is 1230 g/mol. The summed E-state index contributed by atoms with van der Waals surface area (Å²) in [6.45, 7) is 37.5. The second-order valence-corrected chi connectivity index (χ2v) is 27.6. The summed E-state index contributed by atoms with van der Waals surface area (Å²) in [4.78, 5) is 72.8. The molecule has 4 aliphatic heterocycles. The Kier molecular flexibility index (Phi) is 29.6. The molecule has 532 valence electrons. The Bertz CT molecular complexity index is 2960. The number of carbonyl (C=O) groups is 4. The van der Waals surface area contributed by atoms with Crippen LogP contribution < -0.4 is 19.3 Å². The van der Waals surface area contributed by atoms with Crippen LogP contribution in [0.15, 0.2) is 61.2 Å². The van der Waals surface area contributed by atoms with Gasteiger partial charge in [-0.1, -0.05) is 27.7 Å². The van der Waals surface area contributed by atoms with Crippen molar-refractivity contribution in [3.63, 3.8) is 0 Å². The fourth-order valence-corrected chi connectivity index (χ4v) is 13.6. The topological polar surface area (TPSA) is 249 Å². The largest absolute Gasteiger partial charge is 0.478 e. The van der Waals surface area contributed by atoms with E-state index >= 15 is 0 Å². The third-order valence-corrected chi connectivity index (χ3v) is 19.4. The minimum atomic E-state index is -1.26. The number of carbonyl (C=O) groups excluding carboxylic acids is 2. The van der Waals surface area contributed by atoms with E-state index in [4.69, 9.17) is 29.2 Å². The summed E-state index contributed by atoms with van der Waals surface area (Å²) in [7, 11) is 7.87. The maximum Gasteiger partial charge on any atom is 0.328 e. The fourth-order valence-electron chi connectivity index (χ4n) is 13.6. The SMILES string of the molecule is CCN(C(=O)c1cc(F)ccc1Oc1nncnc1N1CCC2(C1)CN([C@H](CCC(C)N(C)CCOC)C(C)C)C2)C(C)C.CCN(C(=O)c1cc(F)ccc1Oc1nncnc1N1CCC2(C1)CN([C@H](CCC(C)N(C)CCOC)C(C)C)C2)C(C)C.O=C(O)/C=C/C(=O)O. The first-order valence-corrected chi connectivity index (χ1v) is 34.0. The first kappa shape index (κ1) is 77.9. The van der Waals surface area contributed by atoms with Crippen LogP contribution in [0.2, 0.25) is 0 Å². The number of carboxylic acid groups (broad SMARTS) is 2. The lowest BCUT2D eigenvalue weighted by Crippen LogP contribution is -2.62. The van der Waals surface area contributed by atoms with Crippen molar-refractivity contribution < 1.29 is 57.1 Å². The summed E-state index contributed by atoms with van der Waals surface area (Å²) in [6.07, 6.45) is 10.8. The summed E-state index contributed by atoms with van der Waals surface area (Å²) >= 11 is 0. The van der Waals surface area contributed by atoms with Crippen LogP contribution in [-0.2, 0) is 19.1 Å². The van der Waals surface area contributed by atoms with Gasteiger partial charge in [-0.3, -0.25) is 19.4 Å². The number of rotatable bonds is 32. The van der Waals surface area contributed by atoms with Crippen molar-refractivity contribution in [2.45, 2.75) is 158 Å². The Morgan fingerprint density at radius 3 is 1.25 bits per heavy atom. The van der Waals surface area contributed by atoms with Crippen LogP contribution in [0.5, 0.6) is 23.3 Å². The number of nitrogens with zero attached hydrogens (tertiary/aromatic N) is 14. The van der Waals surface area contributed by atoms with Gasteiger partial charge in [0.05, 0.1) is 24.3 Å². The first-order valence-electron chi connectivity index (χ1n) is 34.0. The molecule has 0 saturated carbocycles. The quantitative estimate of drug-likeness (QED) is 0.0432. The monoisotopic (exact) mass is 1340 g/mol. The van der Waals surface area contributed by atoms with E-state index in [0.717, 1.165) is 104 Å². The molecule has 26 heteroatoms. The minimum absolute atomic E-state index is 0.0406. The van der Waals surface area contributed by atoms with Gasteiger partial charge < -0.3 is 58.6 Å². The predicted octanol–water partition coefficient (Wildman–Crippen LogP) is 9.63. The molecule has 4 aromatic rings. The highest BCUT2D eigenvalue weighted by atomic mass is 19.1. The Labute approximate surface area is 567 Å². The van der Waals surface area contributed by atoms with Crippen molar-refractivity contribution in [1.82, 2.24) is 59.8 Å². The molecule has 4 saturated heterocycles. The fraction of sp³-hybridized carbons (Fsp3) is 0.657. The lowest BCUT2D eigenvalue weighted by molar-refractivity contribution is -0.134. The Morgan fingerprint density at radius 1 is 0.573 bits per heavy atom. The number of ether oxygens (including phenoxy) is 4. The average molecular weight is 1340 g/mol. The lowest BCUT2D eigenvalue weighted by atomic mass is 9.76. The summed E-state index contributed by atoms with van der Waals surface area (Å²) in [6, 6.07) is 10.0. The molecule has 8 rings (SSSR count). The highest BCUT2D eigenvalue weighted by Crippen LogP contribution is 2.47. The van der Waals surface area contributed by atoms with E-state index in [0.29, 0.717) is 72.9 Å². The number of aromatic nitrogens is 6. The van der Waals surface area contributed by atoms with Crippen LogP contribution in [0.1, 0.15) is 142 Å². The zero-order valence-corrected chi connectivity index (χ0v) is 59.7. The second kappa shape index (κ2) is 36.5. The normalized spacial score (nSPS) is 17.2. The van der Waals surface area contributed by atoms with E-state index < -0.39 is 23.6 Å². The number of likely N-dealkylation sites (N-methyl/N-ethyl adjacent to an activating group) is 2. The van der Waals surface area contributed by atoms with E-state index in [9.17, 15) is 28.0 Å². The smallest absolute Gasteiger partial charge is 0.328 e. The zero-order chi connectivity index (χ0) is 70.6. The van der Waals surface area contributed by atoms with Crippen molar-refractivity contribution >= 4 is 35.4 Å². The van der Waals surface area contributed by atoms with Gasteiger partial charge in [0.25, 0.3) is 23.6 Å². The molecule has 2 aromatic heterocycles. The molecule has 24 nitrogen and oxygen atoms in total. The van der Waals surface area contributed by atoms with Crippen LogP contribution in [0.25, 0.3) is 0 Å². The third-order valence-electron chi connectivity index (χ3n) is 19.4. The molecule has 0 bridgehead atoms. The number of hydrogen-bond acceptors (Lipinski definition) is 20. The van der Waals surface area contributed by atoms with Gasteiger partial charge in [-0.25, -0.2) is 28.3 Å². The van der Waals surface area contributed by atoms with Crippen molar-refractivity contribution in [1.29, 1.82) is 0 Å². The van der Waals surface area contributed by atoms with Crippen molar-refractivity contribution in [2.24, 2.45) is 22.7 Å². The van der Waals surface area contributed by atoms with Crippen LogP contribution in [-0.4, -0.2) is 250 Å². The van der Waals surface area contributed by atoms with Crippen LogP contribution in [0.3, 0.4) is 0 Å². The molecule has 96 heavy (non-hydrogen) atoms. The number of likely N-dealkylation sites (tertiary alicyclic amines) is 2. The number of carboxylic acids is 2. The lowest BCUT2D eigenvalue weighted by Gasteiger charge is -2.53. The van der Waals surface area contributed by atoms with Gasteiger partial charge in [0, 0.05) is 152 Å². The Hall–Kier alpha value is -7.10. The maximum absolute atomic E-state index is 14.3. The number of hydrogen-bond donors (Lipinski definition) is 2. The van der Waals surface area contributed by atoms with Crippen LogP contribution in [0, 0.1) is 34.3 Å². The molecule has 4 atom stereocenters. The molecule has 2 amide bonds. The Morgan fingerprint density at radius 2 is 0.938 bits per heavy atom. The molecule has 0 aliphatic carbocycles. The molecule has 0 radical (unpaired) electrons. The van der Waals surface area contributed by atoms with E-state index in [-0.39, 0.29) is 69.1 Å². The number of aliphatic carboxylic acids is 2. The molecule has 2 N–H and O–H groups in total. The summed E-state index contributed by atoms with van der Waals surface area (Å²) in [5.74, 6) is -0.802. The second-order valence-electron chi connectivity index (χ2n) is 27.6. The zero-order valence-electron chi connectivity index (χ0n) is 59.7. The minimum Gasteiger partial charge on any atom is -0.478 e. The standard InChI is InChI=1S/2C33H52FN7O3.C4H4O4/c2*1-9-41(24(4)5)32(42)27-18-26(34)11-13-29(27)44-31-30(35-22-36-37-31)39-15-14-33(19-39)20-40(21-33)28(23(2)3)12-10-25(6)38(7)16-17-43-8;5-3(6)1-2-4(7)8/h2*11,13,18,22-25,28H,9-10,12,14-17,19-21H2,1-8H3;1-2H,(H,5,6)(H,7,8)/b;;2-1+/t2*25?,28-;/m11./s1. The highest BCUT2D eigenvalue weighted by Gasteiger charge is 2.52. The van der Waals surface area contributed by atoms with Gasteiger partial charge in [0.2, 0.25) is 0 Å². The van der Waals surface area contributed by atoms with E-state index in [1.165, 1.54) is 61.9 Å². The van der Waals surface area contributed by atoms with Gasteiger partial charge in [0.1, 0.15) is 35.8 Å². The van der Waals surface area contributed by atoms with Gasteiger partial charge >= 0.3 is 11.9 Å². The number of amides is 2. The summed E-state index contributed by atoms with van der Waals surface area (Å²) in [5, 5.41) is 32.1. The number of methoxy groups -OCH3 is 2. The van der Waals surface area contributed by atoms with Crippen LogP contribution in [0.4, 0.5) is 20.4 Å². The van der Waals surface area contributed by atoms with E-state index in [2.05, 4.69) is 115 Å². The molecule has 2 unspecified atom stereocenters. The van der Waals surface area contributed by atoms with Gasteiger partial charge in [-0.15, -0.1) is 20.4 Å². The molecule has 6 heterocycles. The molecule has 2 spiro atoms. The van der Waals surface area contributed by atoms with Crippen molar-refractivity contribution in [2.75, 3.05) is 130 Å². The number of benzene rings is 2.